The minimum atomic E-state index is -3.64. The van der Waals surface area contributed by atoms with E-state index in [9.17, 15) is 13.2 Å². The van der Waals surface area contributed by atoms with Gasteiger partial charge in [0.2, 0.25) is 0 Å². The van der Waals surface area contributed by atoms with Crippen molar-refractivity contribution in [3.8, 4) is 0 Å². The first-order valence-corrected chi connectivity index (χ1v) is 9.87. The molecule has 3 rings (SSSR count). The Balaban J connectivity index is 1.87. The van der Waals surface area contributed by atoms with Crippen LogP contribution in [-0.4, -0.2) is 30.8 Å². The molecule has 0 aliphatic rings. The molecule has 0 saturated heterocycles. The Kier molecular flexibility index (Phi) is 5.20. The fraction of sp³-hybridized carbons (Fsp3) is 0.118. The summed E-state index contributed by atoms with van der Waals surface area (Å²) in [5.74, 6) is -0.349. The Hall–Kier alpha value is -2.58. The molecule has 0 saturated carbocycles. The van der Waals surface area contributed by atoms with Crippen LogP contribution in [-0.2, 0) is 9.84 Å². The molecule has 0 aromatic carbocycles. The van der Waals surface area contributed by atoms with E-state index in [-0.39, 0.29) is 16.7 Å². The Bertz CT molecular complexity index is 928. The molecule has 6 nitrogen and oxygen atoms in total. The van der Waals surface area contributed by atoms with Gasteiger partial charge < -0.3 is 5.32 Å². The van der Waals surface area contributed by atoms with Crippen LogP contribution in [0.4, 0.5) is 0 Å². The van der Waals surface area contributed by atoms with Crippen LogP contribution in [0.15, 0.2) is 70.8 Å². The van der Waals surface area contributed by atoms with Gasteiger partial charge in [-0.3, -0.25) is 14.8 Å². The van der Waals surface area contributed by atoms with Crippen LogP contribution in [0.1, 0.15) is 21.2 Å². The Morgan fingerprint density at radius 3 is 2.52 bits per heavy atom. The van der Waals surface area contributed by atoms with E-state index in [0.29, 0.717) is 11.1 Å². The molecule has 0 radical (unpaired) electrons. The van der Waals surface area contributed by atoms with E-state index in [1.165, 1.54) is 18.6 Å². The van der Waals surface area contributed by atoms with Crippen LogP contribution in [0.2, 0.25) is 0 Å². The summed E-state index contributed by atoms with van der Waals surface area (Å²) in [5, 5.41) is 3.50. The van der Waals surface area contributed by atoms with E-state index in [2.05, 4.69) is 15.3 Å². The lowest BCUT2D eigenvalue weighted by Gasteiger charge is -2.17. The lowest BCUT2D eigenvalue weighted by atomic mass is 10.2. The van der Waals surface area contributed by atoms with Gasteiger partial charge >= 0.3 is 0 Å². The number of nitrogens with one attached hydrogen (secondary N) is 1. The molecule has 0 bridgehead atoms. The summed E-state index contributed by atoms with van der Waals surface area (Å²) in [5.41, 5.74) is 0.958. The van der Waals surface area contributed by atoms with Crippen molar-refractivity contribution >= 4 is 27.1 Å². The van der Waals surface area contributed by atoms with Gasteiger partial charge in [0.25, 0.3) is 5.91 Å². The summed E-state index contributed by atoms with van der Waals surface area (Å²) >= 11 is 1.15. The highest BCUT2D eigenvalue weighted by Crippen LogP contribution is 2.30. The number of hydrogen-bond donors (Lipinski definition) is 1. The van der Waals surface area contributed by atoms with Crippen LogP contribution < -0.4 is 5.32 Å². The molecule has 1 amide bonds. The predicted octanol–water partition coefficient (Wildman–Crippen LogP) is 2.48. The first kappa shape index (κ1) is 17.2. The number of carbonyl (C=O) groups is 1. The molecule has 0 spiro atoms. The first-order chi connectivity index (χ1) is 12.1. The zero-order valence-electron chi connectivity index (χ0n) is 13.1. The van der Waals surface area contributed by atoms with Crippen molar-refractivity contribution in [1.82, 2.24) is 15.3 Å². The molecule has 128 valence electrons. The van der Waals surface area contributed by atoms with Gasteiger partial charge in [0.15, 0.2) is 9.84 Å². The SMILES string of the molecule is O=C(NC[C@H](c1cccnc1)S(=O)(=O)c1cccs1)c1ccncc1. The zero-order chi connectivity index (χ0) is 17.7. The van der Waals surface area contributed by atoms with E-state index in [0.717, 1.165) is 11.3 Å². The average molecular weight is 373 g/mol. The fourth-order valence-corrected chi connectivity index (χ4v) is 5.18. The van der Waals surface area contributed by atoms with E-state index >= 15 is 0 Å². The molecular weight excluding hydrogens is 358 g/mol. The minimum Gasteiger partial charge on any atom is -0.350 e. The van der Waals surface area contributed by atoms with Gasteiger partial charge in [-0.1, -0.05) is 12.1 Å². The van der Waals surface area contributed by atoms with Crippen LogP contribution in [0.3, 0.4) is 0 Å². The van der Waals surface area contributed by atoms with Gasteiger partial charge in [0.05, 0.1) is 0 Å². The maximum Gasteiger partial charge on any atom is 0.251 e. The molecular formula is C17H15N3O3S2. The van der Waals surface area contributed by atoms with Gasteiger partial charge in [-0.05, 0) is 35.2 Å². The summed E-state index contributed by atoms with van der Waals surface area (Å²) in [6.45, 7) is -0.0485. The molecule has 0 unspecified atom stereocenters. The second-order valence-corrected chi connectivity index (χ2v) is 8.50. The predicted molar refractivity (Wildman–Crippen MR) is 95.1 cm³/mol. The smallest absolute Gasteiger partial charge is 0.251 e. The number of aromatic nitrogens is 2. The zero-order valence-corrected chi connectivity index (χ0v) is 14.7. The highest BCUT2D eigenvalue weighted by atomic mass is 32.2. The van der Waals surface area contributed by atoms with Crippen molar-refractivity contribution in [1.29, 1.82) is 0 Å². The molecule has 0 aliphatic heterocycles. The maximum atomic E-state index is 13.0. The number of pyridine rings is 2. The van der Waals surface area contributed by atoms with Crippen LogP contribution in [0, 0.1) is 0 Å². The summed E-state index contributed by atoms with van der Waals surface area (Å²) in [7, 11) is -3.64. The third-order valence-electron chi connectivity index (χ3n) is 3.60. The molecule has 8 heteroatoms. The third-order valence-corrected chi connectivity index (χ3v) is 7.13. The number of carbonyl (C=O) groups excluding carboxylic acids is 1. The standard InChI is InChI=1S/C17H15N3O3S2/c21-17(13-5-8-18-9-6-13)20-12-15(14-3-1-7-19-11-14)25(22,23)16-4-2-10-24-16/h1-11,15H,12H2,(H,20,21)/t15-/m1/s1. The molecule has 3 heterocycles. The summed E-state index contributed by atoms with van der Waals surface area (Å²) in [6.07, 6.45) is 6.11. The van der Waals surface area contributed by atoms with E-state index in [1.54, 1.807) is 48.0 Å². The molecule has 3 aromatic heterocycles. The molecule has 3 aromatic rings. The molecule has 25 heavy (non-hydrogen) atoms. The van der Waals surface area contributed by atoms with E-state index < -0.39 is 15.1 Å². The van der Waals surface area contributed by atoms with Gasteiger partial charge in [-0.25, -0.2) is 8.42 Å². The topological polar surface area (TPSA) is 89.0 Å². The second kappa shape index (κ2) is 7.54. The van der Waals surface area contributed by atoms with Crippen LogP contribution in [0.5, 0.6) is 0 Å². The summed E-state index contributed by atoms with van der Waals surface area (Å²) in [4.78, 5) is 20.1. The number of rotatable bonds is 6. The monoisotopic (exact) mass is 373 g/mol. The largest absolute Gasteiger partial charge is 0.350 e. The second-order valence-electron chi connectivity index (χ2n) is 5.20. The Morgan fingerprint density at radius 2 is 1.88 bits per heavy atom. The molecule has 0 fully saturated rings. The van der Waals surface area contributed by atoms with Crippen molar-refractivity contribution in [3.63, 3.8) is 0 Å². The average Bonchev–Trinajstić information content (AvgIpc) is 3.19. The van der Waals surface area contributed by atoms with Crippen molar-refractivity contribution in [2.24, 2.45) is 0 Å². The quantitative estimate of drug-likeness (QED) is 0.717. The summed E-state index contributed by atoms with van der Waals surface area (Å²) < 4.78 is 26.2. The number of sulfone groups is 1. The molecule has 1 N–H and O–H groups in total. The van der Waals surface area contributed by atoms with Gasteiger partial charge in [0, 0.05) is 36.9 Å². The summed E-state index contributed by atoms with van der Waals surface area (Å²) in [6, 6.07) is 9.77. The normalized spacial score (nSPS) is 12.5. The van der Waals surface area contributed by atoms with E-state index in [1.807, 2.05) is 0 Å². The lowest BCUT2D eigenvalue weighted by Crippen LogP contribution is -2.31. The van der Waals surface area contributed by atoms with Gasteiger partial charge in [-0.2, -0.15) is 0 Å². The number of nitrogens with zero attached hydrogens (tertiary/aromatic N) is 2. The number of hydrogen-bond acceptors (Lipinski definition) is 6. The lowest BCUT2D eigenvalue weighted by molar-refractivity contribution is 0.0953. The molecule has 1 atom stereocenters. The van der Waals surface area contributed by atoms with Crippen molar-refractivity contribution in [2.45, 2.75) is 9.46 Å². The minimum absolute atomic E-state index is 0.0485. The highest BCUT2D eigenvalue weighted by Gasteiger charge is 2.30. The van der Waals surface area contributed by atoms with Gasteiger partial charge in [-0.15, -0.1) is 11.3 Å². The van der Waals surface area contributed by atoms with Gasteiger partial charge in [0.1, 0.15) is 9.46 Å². The maximum absolute atomic E-state index is 13.0. The van der Waals surface area contributed by atoms with E-state index in [4.69, 9.17) is 0 Å². The van der Waals surface area contributed by atoms with Crippen molar-refractivity contribution in [3.05, 3.63) is 77.7 Å². The van der Waals surface area contributed by atoms with Crippen molar-refractivity contribution in [2.75, 3.05) is 6.54 Å². The number of thiophene rings is 1. The van der Waals surface area contributed by atoms with Crippen molar-refractivity contribution < 1.29 is 13.2 Å². The van der Waals surface area contributed by atoms with Crippen LogP contribution in [0.25, 0.3) is 0 Å². The number of amides is 1. The highest BCUT2D eigenvalue weighted by molar-refractivity contribution is 7.93. The van der Waals surface area contributed by atoms with Crippen LogP contribution >= 0.6 is 11.3 Å². The Morgan fingerprint density at radius 1 is 1.08 bits per heavy atom. The fourth-order valence-electron chi connectivity index (χ4n) is 2.33. The third kappa shape index (κ3) is 3.92. The Labute approximate surface area is 149 Å². The molecule has 0 aliphatic carbocycles. The first-order valence-electron chi connectivity index (χ1n) is 7.44.